The summed E-state index contributed by atoms with van der Waals surface area (Å²) in [5.41, 5.74) is 2.25. The number of hydrogen-bond donors (Lipinski definition) is 2. The van der Waals surface area contributed by atoms with Gasteiger partial charge in [-0.05, 0) is 56.4 Å². The highest BCUT2D eigenvalue weighted by Crippen LogP contribution is 2.30. The Bertz CT molecular complexity index is 865. The number of amides is 2. The van der Waals surface area contributed by atoms with Crippen LogP contribution in [0.15, 0.2) is 54.6 Å². The van der Waals surface area contributed by atoms with Crippen LogP contribution in [0.5, 0.6) is 0 Å². The zero-order chi connectivity index (χ0) is 19.9. The van der Waals surface area contributed by atoms with Gasteiger partial charge in [0.15, 0.2) is 0 Å². The van der Waals surface area contributed by atoms with Crippen molar-refractivity contribution in [3.05, 3.63) is 65.7 Å². The lowest BCUT2D eigenvalue weighted by Gasteiger charge is -2.28. The molecule has 28 heavy (non-hydrogen) atoms. The highest BCUT2D eigenvalue weighted by atomic mass is 16.2. The van der Waals surface area contributed by atoms with E-state index in [2.05, 4.69) is 16.7 Å². The molecule has 3 rings (SSSR count). The number of nitriles is 1. The summed E-state index contributed by atoms with van der Waals surface area (Å²) in [7, 11) is 0. The first kappa shape index (κ1) is 19.6. The van der Waals surface area contributed by atoms with Crippen molar-refractivity contribution in [2.45, 2.75) is 38.6 Å². The summed E-state index contributed by atoms with van der Waals surface area (Å²) in [6, 6.07) is 18.9. The smallest absolute Gasteiger partial charge is 0.227 e. The molecule has 1 fully saturated rings. The van der Waals surface area contributed by atoms with Crippen LogP contribution in [0.3, 0.4) is 0 Å². The number of nitrogens with one attached hydrogen (secondary N) is 2. The third kappa shape index (κ3) is 4.98. The highest BCUT2D eigenvalue weighted by Gasteiger charge is 2.30. The molecule has 0 spiro atoms. The summed E-state index contributed by atoms with van der Waals surface area (Å²) in [5, 5.41) is 14.9. The van der Waals surface area contributed by atoms with Crippen LogP contribution in [0.2, 0.25) is 0 Å². The van der Waals surface area contributed by atoms with E-state index in [1.54, 1.807) is 24.3 Å². The van der Waals surface area contributed by atoms with E-state index in [1.165, 1.54) is 0 Å². The molecular weight excluding hydrogens is 350 g/mol. The Morgan fingerprint density at radius 2 is 1.61 bits per heavy atom. The van der Waals surface area contributed by atoms with Crippen molar-refractivity contribution in [1.82, 2.24) is 5.32 Å². The average Bonchev–Trinajstić information content (AvgIpc) is 2.74. The fraction of sp³-hybridized carbons (Fsp3) is 0.348. The lowest BCUT2D eigenvalue weighted by molar-refractivity contribution is -0.129. The monoisotopic (exact) mass is 375 g/mol. The van der Waals surface area contributed by atoms with Gasteiger partial charge in [-0.15, -0.1) is 0 Å². The van der Waals surface area contributed by atoms with Crippen molar-refractivity contribution in [1.29, 1.82) is 5.26 Å². The molecule has 0 bridgehead atoms. The quantitative estimate of drug-likeness (QED) is 0.822. The van der Waals surface area contributed by atoms with Crippen molar-refractivity contribution in [3.8, 4) is 6.07 Å². The van der Waals surface area contributed by atoms with E-state index in [9.17, 15) is 9.59 Å². The molecule has 2 aromatic rings. The molecule has 1 saturated carbocycles. The number of nitrogens with zero attached hydrogens (tertiary/aromatic N) is 1. The van der Waals surface area contributed by atoms with E-state index >= 15 is 0 Å². The number of benzene rings is 2. The molecule has 1 aliphatic carbocycles. The predicted molar refractivity (Wildman–Crippen MR) is 108 cm³/mol. The first-order valence-corrected chi connectivity index (χ1v) is 9.73. The average molecular weight is 375 g/mol. The maximum absolute atomic E-state index is 12.6. The van der Waals surface area contributed by atoms with E-state index < -0.39 is 0 Å². The molecule has 0 aromatic heterocycles. The Morgan fingerprint density at radius 1 is 0.964 bits per heavy atom. The minimum absolute atomic E-state index is 0.0258. The number of carbonyl (C=O) groups excluding carboxylic acids is 2. The third-order valence-corrected chi connectivity index (χ3v) is 5.39. The van der Waals surface area contributed by atoms with E-state index in [1.807, 2.05) is 37.3 Å². The van der Waals surface area contributed by atoms with Gasteiger partial charge in [0.1, 0.15) is 0 Å². The fourth-order valence-corrected chi connectivity index (χ4v) is 3.68. The first-order valence-electron chi connectivity index (χ1n) is 9.73. The van der Waals surface area contributed by atoms with Crippen molar-refractivity contribution < 1.29 is 9.59 Å². The highest BCUT2D eigenvalue weighted by molar-refractivity contribution is 5.93. The van der Waals surface area contributed by atoms with Gasteiger partial charge in [0, 0.05) is 17.5 Å². The second kappa shape index (κ2) is 9.18. The van der Waals surface area contributed by atoms with Crippen LogP contribution in [0.25, 0.3) is 0 Å². The summed E-state index contributed by atoms with van der Waals surface area (Å²) in [6.45, 7) is 1.99. The molecule has 2 amide bonds. The van der Waals surface area contributed by atoms with Gasteiger partial charge in [-0.25, -0.2) is 0 Å². The van der Waals surface area contributed by atoms with Gasteiger partial charge in [-0.3, -0.25) is 9.59 Å². The van der Waals surface area contributed by atoms with Crippen molar-refractivity contribution in [2.75, 3.05) is 5.32 Å². The summed E-state index contributed by atoms with van der Waals surface area (Å²) < 4.78 is 0. The van der Waals surface area contributed by atoms with Crippen molar-refractivity contribution >= 4 is 17.5 Å². The standard InChI is InChI=1S/C23H25N3O2/c1-16(18-7-3-2-4-8-18)25-22(27)19-10-12-20(13-11-19)23(28)26-21-9-5-6-17(14-21)15-24/h2-9,14,16,19-20H,10-13H2,1H3,(H,25,27)(H,26,28). The molecule has 0 radical (unpaired) electrons. The predicted octanol–water partition coefficient (Wildman–Crippen LogP) is 4.18. The molecule has 1 aliphatic rings. The first-order chi connectivity index (χ1) is 13.6. The SMILES string of the molecule is CC(NC(=O)C1CCC(C(=O)Nc2cccc(C#N)c2)CC1)c1ccccc1. The van der Waals surface area contributed by atoms with Gasteiger partial charge >= 0.3 is 0 Å². The van der Waals surface area contributed by atoms with Crippen molar-refractivity contribution in [2.24, 2.45) is 11.8 Å². The Kier molecular flexibility index (Phi) is 6.44. The molecular formula is C23H25N3O2. The Hall–Kier alpha value is -3.13. The van der Waals surface area contributed by atoms with Crippen LogP contribution in [-0.2, 0) is 9.59 Å². The zero-order valence-corrected chi connectivity index (χ0v) is 16.0. The Labute approximate surface area is 165 Å². The Balaban J connectivity index is 1.49. The topological polar surface area (TPSA) is 82.0 Å². The van der Waals surface area contributed by atoms with E-state index in [0.29, 0.717) is 36.9 Å². The minimum Gasteiger partial charge on any atom is -0.349 e. The minimum atomic E-state index is -0.0960. The van der Waals surface area contributed by atoms with Crippen LogP contribution in [0.4, 0.5) is 5.69 Å². The van der Waals surface area contributed by atoms with Crippen LogP contribution in [0.1, 0.15) is 49.8 Å². The third-order valence-electron chi connectivity index (χ3n) is 5.39. The summed E-state index contributed by atoms with van der Waals surface area (Å²) in [6.07, 6.45) is 2.82. The molecule has 0 saturated heterocycles. The molecule has 144 valence electrons. The summed E-state index contributed by atoms with van der Waals surface area (Å²) >= 11 is 0. The lowest BCUT2D eigenvalue weighted by atomic mass is 9.81. The van der Waals surface area contributed by atoms with Gasteiger partial charge in [0.2, 0.25) is 11.8 Å². The van der Waals surface area contributed by atoms with E-state index in [0.717, 1.165) is 5.56 Å². The zero-order valence-electron chi connectivity index (χ0n) is 16.0. The van der Waals surface area contributed by atoms with E-state index in [-0.39, 0.29) is 29.7 Å². The summed E-state index contributed by atoms with van der Waals surface area (Å²) in [4.78, 5) is 25.1. The fourth-order valence-electron chi connectivity index (χ4n) is 3.68. The van der Waals surface area contributed by atoms with Gasteiger partial charge in [0.05, 0.1) is 17.7 Å². The molecule has 2 aromatic carbocycles. The second-order valence-corrected chi connectivity index (χ2v) is 7.37. The number of hydrogen-bond acceptors (Lipinski definition) is 3. The lowest BCUT2D eigenvalue weighted by Crippen LogP contribution is -2.36. The Morgan fingerprint density at radius 3 is 2.25 bits per heavy atom. The molecule has 1 unspecified atom stereocenters. The van der Waals surface area contributed by atoms with Gasteiger partial charge in [-0.2, -0.15) is 5.26 Å². The summed E-state index contributed by atoms with van der Waals surface area (Å²) in [5.74, 6) is -0.109. The number of carbonyl (C=O) groups is 2. The molecule has 1 atom stereocenters. The molecule has 2 N–H and O–H groups in total. The maximum atomic E-state index is 12.6. The van der Waals surface area contributed by atoms with Crippen LogP contribution in [-0.4, -0.2) is 11.8 Å². The van der Waals surface area contributed by atoms with Crippen LogP contribution in [0, 0.1) is 23.2 Å². The molecule has 5 heteroatoms. The number of rotatable bonds is 5. The molecule has 0 aliphatic heterocycles. The maximum Gasteiger partial charge on any atom is 0.227 e. The normalized spacial score (nSPS) is 19.9. The second-order valence-electron chi connectivity index (χ2n) is 7.37. The van der Waals surface area contributed by atoms with E-state index in [4.69, 9.17) is 5.26 Å². The van der Waals surface area contributed by atoms with Crippen LogP contribution < -0.4 is 10.6 Å². The van der Waals surface area contributed by atoms with Gasteiger partial charge in [0.25, 0.3) is 0 Å². The molecule has 5 nitrogen and oxygen atoms in total. The molecule has 0 heterocycles. The number of anilines is 1. The van der Waals surface area contributed by atoms with Crippen LogP contribution >= 0.6 is 0 Å². The van der Waals surface area contributed by atoms with Gasteiger partial charge in [-0.1, -0.05) is 36.4 Å². The van der Waals surface area contributed by atoms with Gasteiger partial charge < -0.3 is 10.6 Å². The van der Waals surface area contributed by atoms with Crippen molar-refractivity contribution in [3.63, 3.8) is 0 Å². The largest absolute Gasteiger partial charge is 0.349 e.